The van der Waals surface area contributed by atoms with Crippen LogP contribution in [0.4, 0.5) is 4.39 Å². The van der Waals surface area contributed by atoms with Gasteiger partial charge in [-0.1, -0.05) is 6.07 Å². The van der Waals surface area contributed by atoms with Crippen LogP contribution in [0.15, 0.2) is 36.7 Å². The minimum absolute atomic E-state index is 0.136. The Morgan fingerprint density at radius 1 is 1.29 bits per heavy atom. The maximum absolute atomic E-state index is 14.1. The van der Waals surface area contributed by atoms with Gasteiger partial charge in [-0.05, 0) is 55.0 Å². The monoisotopic (exact) mass is 329 g/mol. The fourth-order valence-electron chi connectivity index (χ4n) is 2.46. The molecule has 0 saturated carbocycles. The highest BCUT2D eigenvalue weighted by Crippen LogP contribution is 2.16. The number of nitrogens with zero attached hydrogens (tertiary/aromatic N) is 6. The Morgan fingerprint density at radius 2 is 2.12 bits per heavy atom. The van der Waals surface area contributed by atoms with Gasteiger partial charge in [0, 0.05) is 18.4 Å². The summed E-state index contributed by atoms with van der Waals surface area (Å²) in [6.07, 6.45) is 3.68. The first-order chi connectivity index (χ1) is 11.6. The van der Waals surface area contributed by atoms with Crippen LogP contribution in [0.25, 0.3) is 5.69 Å². The first-order valence-electron chi connectivity index (χ1n) is 7.82. The quantitative estimate of drug-likeness (QED) is 0.749. The highest BCUT2D eigenvalue weighted by Gasteiger charge is 2.17. The second kappa shape index (κ2) is 6.88. The van der Waals surface area contributed by atoms with Crippen molar-refractivity contribution in [2.45, 2.75) is 39.4 Å². The van der Waals surface area contributed by atoms with E-state index in [4.69, 9.17) is 0 Å². The maximum atomic E-state index is 14.1. The lowest BCUT2D eigenvalue weighted by Crippen LogP contribution is -2.34. The summed E-state index contributed by atoms with van der Waals surface area (Å²) in [5.74, 6) is 0.200. The molecule has 0 spiro atoms. The van der Waals surface area contributed by atoms with Crippen LogP contribution in [-0.4, -0.2) is 36.0 Å². The first kappa shape index (κ1) is 16.3. The number of tetrazole rings is 1. The van der Waals surface area contributed by atoms with Crippen molar-refractivity contribution in [3.63, 3.8) is 0 Å². The molecule has 2 aromatic heterocycles. The molecule has 126 valence electrons. The summed E-state index contributed by atoms with van der Waals surface area (Å²) < 4.78 is 17.4. The summed E-state index contributed by atoms with van der Waals surface area (Å²) in [6.45, 7) is 6.47. The average Bonchev–Trinajstić information content (AvgIpc) is 3.25. The van der Waals surface area contributed by atoms with Crippen molar-refractivity contribution in [2.75, 3.05) is 0 Å². The van der Waals surface area contributed by atoms with Crippen molar-refractivity contribution in [1.82, 2.24) is 35.3 Å². The molecule has 2 atom stereocenters. The Morgan fingerprint density at radius 3 is 2.88 bits per heavy atom. The number of aryl methyl sites for hydroxylation is 1. The van der Waals surface area contributed by atoms with Gasteiger partial charge in [-0.3, -0.25) is 4.68 Å². The van der Waals surface area contributed by atoms with Crippen LogP contribution < -0.4 is 5.32 Å². The molecule has 1 N–H and O–H groups in total. The topological polar surface area (TPSA) is 73.5 Å². The fraction of sp³-hybridized carbons (Fsp3) is 0.375. The third-order valence-corrected chi connectivity index (χ3v) is 4.11. The molecule has 0 saturated heterocycles. The molecule has 0 aliphatic heterocycles. The van der Waals surface area contributed by atoms with Gasteiger partial charge in [-0.25, -0.2) is 4.39 Å². The highest BCUT2D eigenvalue weighted by molar-refractivity contribution is 5.36. The number of rotatable bonds is 6. The lowest BCUT2D eigenvalue weighted by molar-refractivity contribution is 0.361. The summed E-state index contributed by atoms with van der Waals surface area (Å²) in [7, 11) is 0. The van der Waals surface area contributed by atoms with E-state index in [0.717, 1.165) is 5.56 Å². The van der Waals surface area contributed by atoms with Crippen LogP contribution in [0.3, 0.4) is 0 Å². The molecule has 0 amide bonds. The maximum Gasteiger partial charge on any atom is 0.170 e. The van der Waals surface area contributed by atoms with Gasteiger partial charge in [-0.2, -0.15) is 9.78 Å². The summed E-state index contributed by atoms with van der Waals surface area (Å²) in [5.41, 5.74) is 1.30. The lowest BCUT2D eigenvalue weighted by atomic mass is 10.2. The fourth-order valence-corrected chi connectivity index (χ4v) is 2.46. The Hall–Kier alpha value is -2.61. The number of hydrogen-bond acceptors (Lipinski definition) is 5. The average molecular weight is 329 g/mol. The van der Waals surface area contributed by atoms with E-state index >= 15 is 0 Å². The lowest BCUT2D eigenvalue weighted by Gasteiger charge is -2.21. The third kappa shape index (κ3) is 3.33. The molecule has 0 fully saturated rings. The highest BCUT2D eigenvalue weighted by atomic mass is 19.1. The van der Waals surface area contributed by atoms with Gasteiger partial charge in [0.05, 0.1) is 12.6 Å². The van der Waals surface area contributed by atoms with E-state index in [-0.39, 0.29) is 17.9 Å². The van der Waals surface area contributed by atoms with Crippen molar-refractivity contribution in [3.05, 3.63) is 53.9 Å². The Bertz CT molecular complexity index is 797. The van der Waals surface area contributed by atoms with Gasteiger partial charge in [0.25, 0.3) is 0 Å². The van der Waals surface area contributed by atoms with Gasteiger partial charge >= 0.3 is 0 Å². The van der Waals surface area contributed by atoms with Crippen molar-refractivity contribution in [3.8, 4) is 5.69 Å². The molecule has 1 aromatic carbocycles. The predicted octanol–water partition coefficient (Wildman–Crippen LogP) is 2.05. The molecular formula is C16H20FN7. The second-order valence-corrected chi connectivity index (χ2v) is 5.86. The summed E-state index contributed by atoms with van der Waals surface area (Å²) in [5, 5.41) is 19.2. The molecule has 0 aliphatic rings. The smallest absolute Gasteiger partial charge is 0.170 e. The molecule has 7 nitrogen and oxygen atoms in total. The minimum atomic E-state index is -0.355. The second-order valence-electron chi connectivity index (χ2n) is 5.86. The van der Waals surface area contributed by atoms with E-state index in [9.17, 15) is 4.39 Å². The van der Waals surface area contributed by atoms with Crippen LogP contribution in [0.1, 0.15) is 31.3 Å². The summed E-state index contributed by atoms with van der Waals surface area (Å²) in [6, 6.07) is 7.06. The van der Waals surface area contributed by atoms with Gasteiger partial charge in [0.1, 0.15) is 11.5 Å². The van der Waals surface area contributed by atoms with E-state index in [1.54, 1.807) is 18.3 Å². The van der Waals surface area contributed by atoms with Crippen molar-refractivity contribution in [1.29, 1.82) is 0 Å². The zero-order valence-corrected chi connectivity index (χ0v) is 13.9. The zero-order chi connectivity index (χ0) is 17.1. The summed E-state index contributed by atoms with van der Waals surface area (Å²) >= 11 is 0. The van der Waals surface area contributed by atoms with E-state index in [1.807, 2.05) is 23.9 Å². The normalized spacial score (nSPS) is 13.8. The molecule has 24 heavy (non-hydrogen) atoms. The van der Waals surface area contributed by atoms with Crippen LogP contribution in [-0.2, 0) is 6.54 Å². The van der Waals surface area contributed by atoms with Gasteiger partial charge in [0.15, 0.2) is 5.82 Å². The Kier molecular flexibility index (Phi) is 4.66. The van der Waals surface area contributed by atoms with E-state index in [1.165, 1.54) is 10.7 Å². The molecule has 0 radical (unpaired) electrons. The summed E-state index contributed by atoms with van der Waals surface area (Å²) in [4.78, 5) is 0. The standard InChI is InChI=1S/C16H20FN7/c1-11-5-6-14(17)15(9-11)24-16(20-21-22-24)10-18-12(2)13(3)23-8-4-7-19-23/h4-9,12-13,18H,10H2,1-3H3/t12-,13-/m0/s1. The first-order valence-corrected chi connectivity index (χ1v) is 7.82. The number of halogens is 1. The van der Waals surface area contributed by atoms with Crippen molar-refractivity contribution >= 4 is 0 Å². The molecule has 0 unspecified atom stereocenters. The SMILES string of the molecule is Cc1ccc(F)c(-n2nnnc2CN[C@@H](C)[C@H](C)n2cccn2)c1. The van der Waals surface area contributed by atoms with E-state index < -0.39 is 0 Å². The van der Waals surface area contributed by atoms with Crippen molar-refractivity contribution in [2.24, 2.45) is 0 Å². The molecule has 2 heterocycles. The number of nitrogens with one attached hydrogen (secondary N) is 1. The Balaban J connectivity index is 1.73. The number of hydrogen-bond donors (Lipinski definition) is 1. The minimum Gasteiger partial charge on any atom is -0.305 e. The predicted molar refractivity (Wildman–Crippen MR) is 87.1 cm³/mol. The van der Waals surface area contributed by atoms with E-state index in [2.05, 4.69) is 39.8 Å². The molecule has 3 rings (SSSR count). The molecular weight excluding hydrogens is 309 g/mol. The molecule has 0 aliphatic carbocycles. The molecule has 3 aromatic rings. The van der Waals surface area contributed by atoms with Crippen LogP contribution in [0.2, 0.25) is 0 Å². The van der Waals surface area contributed by atoms with Crippen LogP contribution in [0.5, 0.6) is 0 Å². The molecule has 8 heteroatoms. The Labute approximate surface area is 139 Å². The van der Waals surface area contributed by atoms with E-state index in [0.29, 0.717) is 18.1 Å². The number of aromatic nitrogens is 6. The van der Waals surface area contributed by atoms with Gasteiger partial charge in [-0.15, -0.1) is 5.10 Å². The third-order valence-electron chi connectivity index (χ3n) is 4.11. The van der Waals surface area contributed by atoms with Crippen LogP contribution in [0, 0.1) is 12.7 Å². The molecule has 0 bridgehead atoms. The van der Waals surface area contributed by atoms with Crippen LogP contribution >= 0.6 is 0 Å². The number of benzene rings is 1. The largest absolute Gasteiger partial charge is 0.305 e. The van der Waals surface area contributed by atoms with Crippen molar-refractivity contribution < 1.29 is 4.39 Å². The van der Waals surface area contributed by atoms with Gasteiger partial charge in [0.2, 0.25) is 0 Å². The zero-order valence-electron chi connectivity index (χ0n) is 13.9. The van der Waals surface area contributed by atoms with Gasteiger partial charge < -0.3 is 5.32 Å².